The molecule has 1 heterocycles. The van der Waals surface area contributed by atoms with Crippen LogP contribution in [-0.2, 0) is 11.3 Å². The van der Waals surface area contributed by atoms with Crippen LogP contribution in [0.3, 0.4) is 0 Å². The van der Waals surface area contributed by atoms with Crippen molar-refractivity contribution in [2.45, 2.75) is 19.1 Å². The molecule has 0 unspecified atom stereocenters. The molecular formula is C19H27F3N4O3. The van der Waals surface area contributed by atoms with Crippen molar-refractivity contribution in [2.75, 3.05) is 53.4 Å². The first-order chi connectivity index (χ1) is 13.7. The molecule has 162 valence electrons. The van der Waals surface area contributed by atoms with E-state index < -0.39 is 18.5 Å². The molecule has 1 saturated heterocycles. The number of hydrogen-bond acceptors (Lipinski definition) is 4. The molecule has 0 bridgehead atoms. The van der Waals surface area contributed by atoms with Crippen LogP contribution < -0.4 is 10.1 Å². The molecule has 0 atom stereocenters. The van der Waals surface area contributed by atoms with Crippen LogP contribution in [-0.4, -0.2) is 86.2 Å². The maximum atomic E-state index is 12.4. The van der Waals surface area contributed by atoms with E-state index in [1.165, 1.54) is 4.90 Å². The molecule has 1 aromatic rings. The molecule has 29 heavy (non-hydrogen) atoms. The van der Waals surface area contributed by atoms with E-state index in [0.717, 1.165) is 17.0 Å². The Balaban J connectivity index is 1.80. The maximum Gasteiger partial charge on any atom is 0.397 e. The number of ether oxygens (including phenoxy) is 1. The standard InChI is InChI=1S/C19H27F3N4O3/c1-24(2)11-12-29-16-6-4-3-5-15(16)14-23-18(28)26-9-7-25(8-10-26)17(27)13-19(20,21)22/h3-6H,7-14H2,1-2H3,(H,23,28). The largest absolute Gasteiger partial charge is 0.492 e. The zero-order chi connectivity index (χ0) is 21.4. The van der Waals surface area contributed by atoms with E-state index in [1.807, 2.05) is 43.3 Å². The van der Waals surface area contributed by atoms with E-state index in [4.69, 9.17) is 4.74 Å². The second-order valence-corrected chi connectivity index (χ2v) is 7.08. The van der Waals surface area contributed by atoms with Gasteiger partial charge in [0.1, 0.15) is 18.8 Å². The molecule has 1 aliphatic heterocycles. The number of para-hydroxylation sites is 1. The Bertz CT molecular complexity index is 690. The van der Waals surface area contributed by atoms with E-state index in [9.17, 15) is 22.8 Å². The number of likely N-dealkylation sites (N-methyl/N-ethyl adjacent to an activating group) is 1. The van der Waals surface area contributed by atoms with E-state index in [2.05, 4.69) is 5.32 Å². The van der Waals surface area contributed by atoms with Gasteiger partial charge in [-0.2, -0.15) is 13.2 Å². The second-order valence-electron chi connectivity index (χ2n) is 7.08. The normalized spacial score (nSPS) is 14.8. The lowest BCUT2D eigenvalue weighted by Crippen LogP contribution is -2.53. The van der Waals surface area contributed by atoms with Crippen LogP contribution in [0.1, 0.15) is 12.0 Å². The monoisotopic (exact) mass is 416 g/mol. The number of amides is 3. The van der Waals surface area contributed by atoms with Gasteiger partial charge in [0, 0.05) is 44.8 Å². The zero-order valence-corrected chi connectivity index (χ0v) is 16.7. The van der Waals surface area contributed by atoms with Crippen molar-refractivity contribution in [2.24, 2.45) is 0 Å². The number of piperazine rings is 1. The molecule has 0 spiro atoms. The molecule has 0 aromatic heterocycles. The lowest BCUT2D eigenvalue weighted by molar-refractivity contribution is -0.162. The third-order valence-corrected chi connectivity index (χ3v) is 4.47. The van der Waals surface area contributed by atoms with Gasteiger partial charge in [-0.1, -0.05) is 18.2 Å². The lowest BCUT2D eigenvalue weighted by atomic mass is 10.2. The van der Waals surface area contributed by atoms with Crippen molar-refractivity contribution < 1.29 is 27.5 Å². The van der Waals surface area contributed by atoms with E-state index in [-0.39, 0.29) is 38.8 Å². The Morgan fingerprint density at radius 3 is 2.34 bits per heavy atom. The summed E-state index contributed by atoms with van der Waals surface area (Å²) in [4.78, 5) is 28.7. The summed E-state index contributed by atoms with van der Waals surface area (Å²) in [5, 5.41) is 2.80. The minimum atomic E-state index is -4.52. The number of halogens is 3. The molecule has 10 heteroatoms. The topological polar surface area (TPSA) is 65.1 Å². The van der Waals surface area contributed by atoms with Crippen LogP contribution in [0.15, 0.2) is 24.3 Å². The molecule has 7 nitrogen and oxygen atoms in total. The predicted molar refractivity (Wildman–Crippen MR) is 102 cm³/mol. The predicted octanol–water partition coefficient (Wildman–Crippen LogP) is 1.93. The number of alkyl halides is 3. The quantitative estimate of drug-likeness (QED) is 0.738. The first-order valence-corrected chi connectivity index (χ1v) is 9.38. The first kappa shape index (κ1) is 22.8. The highest BCUT2D eigenvalue weighted by Crippen LogP contribution is 2.21. The first-order valence-electron chi connectivity index (χ1n) is 9.38. The summed E-state index contributed by atoms with van der Waals surface area (Å²) < 4.78 is 42.8. The van der Waals surface area contributed by atoms with Crippen molar-refractivity contribution in [3.8, 4) is 5.75 Å². The number of benzene rings is 1. The van der Waals surface area contributed by atoms with Crippen molar-refractivity contribution in [1.29, 1.82) is 0 Å². The summed E-state index contributed by atoms with van der Waals surface area (Å²) in [6, 6.07) is 7.08. The fourth-order valence-electron chi connectivity index (χ4n) is 2.85. The zero-order valence-electron chi connectivity index (χ0n) is 16.7. The summed E-state index contributed by atoms with van der Waals surface area (Å²) in [5.74, 6) is -0.265. The smallest absolute Gasteiger partial charge is 0.397 e. The number of nitrogens with one attached hydrogen (secondary N) is 1. The maximum absolute atomic E-state index is 12.4. The third-order valence-electron chi connectivity index (χ3n) is 4.47. The Kier molecular flexibility index (Phi) is 8.12. The van der Waals surface area contributed by atoms with Gasteiger partial charge in [0.05, 0.1) is 0 Å². The van der Waals surface area contributed by atoms with Crippen molar-refractivity contribution in [3.63, 3.8) is 0 Å². The number of hydrogen-bond donors (Lipinski definition) is 1. The number of carbonyl (C=O) groups is 2. The van der Waals surface area contributed by atoms with Crippen LogP contribution >= 0.6 is 0 Å². The van der Waals surface area contributed by atoms with Crippen molar-refractivity contribution >= 4 is 11.9 Å². The third kappa shape index (κ3) is 7.80. The average Bonchev–Trinajstić information content (AvgIpc) is 2.65. The lowest BCUT2D eigenvalue weighted by Gasteiger charge is -2.35. The number of urea groups is 1. The molecule has 0 aliphatic carbocycles. The van der Waals surface area contributed by atoms with Crippen LogP contribution in [0.2, 0.25) is 0 Å². The van der Waals surface area contributed by atoms with Gasteiger partial charge in [0.25, 0.3) is 0 Å². The molecule has 0 saturated carbocycles. The molecular weight excluding hydrogens is 389 g/mol. The van der Waals surface area contributed by atoms with Gasteiger partial charge < -0.3 is 24.8 Å². The summed E-state index contributed by atoms with van der Waals surface area (Å²) in [6.45, 7) is 2.11. The number of carbonyl (C=O) groups excluding carboxylic acids is 2. The molecule has 1 aliphatic rings. The van der Waals surface area contributed by atoms with E-state index >= 15 is 0 Å². The van der Waals surface area contributed by atoms with Gasteiger partial charge in [-0.15, -0.1) is 0 Å². The Labute approximate surface area is 168 Å². The molecule has 1 aromatic carbocycles. The fraction of sp³-hybridized carbons (Fsp3) is 0.579. The van der Waals surface area contributed by atoms with Crippen LogP contribution in [0.5, 0.6) is 5.75 Å². The number of nitrogens with zero attached hydrogens (tertiary/aromatic N) is 3. The molecule has 1 fully saturated rings. The van der Waals surface area contributed by atoms with Gasteiger partial charge in [0.2, 0.25) is 5.91 Å². The second kappa shape index (κ2) is 10.3. The molecule has 1 N–H and O–H groups in total. The van der Waals surface area contributed by atoms with Crippen LogP contribution in [0, 0.1) is 0 Å². The summed E-state index contributed by atoms with van der Waals surface area (Å²) in [6.07, 6.45) is -5.99. The summed E-state index contributed by atoms with van der Waals surface area (Å²) in [7, 11) is 3.90. The molecule has 2 rings (SSSR count). The van der Waals surface area contributed by atoms with E-state index in [1.54, 1.807) is 0 Å². The Morgan fingerprint density at radius 1 is 1.10 bits per heavy atom. The number of rotatable bonds is 7. The molecule has 0 radical (unpaired) electrons. The minimum Gasteiger partial charge on any atom is -0.492 e. The highest BCUT2D eigenvalue weighted by molar-refractivity contribution is 5.78. The Hall–Kier alpha value is -2.49. The van der Waals surface area contributed by atoms with Gasteiger partial charge in [-0.05, 0) is 20.2 Å². The van der Waals surface area contributed by atoms with E-state index in [0.29, 0.717) is 12.4 Å². The van der Waals surface area contributed by atoms with Crippen molar-refractivity contribution in [3.05, 3.63) is 29.8 Å². The van der Waals surface area contributed by atoms with Gasteiger partial charge in [-0.25, -0.2) is 4.79 Å². The Morgan fingerprint density at radius 2 is 1.72 bits per heavy atom. The van der Waals surface area contributed by atoms with Gasteiger partial charge in [0.15, 0.2) is 0 Å². The SMILES string of the molecule is CN(C)CCOc1ccccc1CNC(=O)N1CCN(C(=O)CC(F)(F)F)CC1. The molecule has 3 amide bonds. The summed E-state index contributed by atoms with van der Waals surface area (Å²) >= 11 is 0. The fourth-order valence-corrected chi connectivity index (χ4v) is 2.85. The van der Waals surface area contributed by atoms with Crippen LogP contribution in [0.4, 0.5) is 18.0 Å². The summed E-state index contributed by atoms with van der Waals surface area (Å²) in [5.41, 5.74) is 0.832. The minimum absolute atomic E-state index is 0.0898. The highest BCUT2D eigenvalue weighted by Gasteiger charge is 2.34. The van der Waals surface area contributed by atoms with Gasteiger partial charge >= 0.3 is 12.2 Å². The van der Waals surface area contributed by atoms with Gasteiger partial charge in [-0.3, -0.25) is 4.79 Å². The average molecular weight is 416 g/mol. The van der Waals surface area contributed by atoms with Crippen LogP contribution in [0.25, 0.3) is 0 Å². The van der Waals surface area contributed by atoms with Crippen molar-refractivity contribution in [1.82, 2.24) is 20.0 Å². The highest BCUT2D eigenvalue weighted by atomic mass is 19.4.